The maximum atomic E-state index is 12.0. The van der Waals surface area contributed by atoms with Crippen molar-refractivity contribution in [3.8, 4) is 0 Å². The van der Waals surface area contributed by atoms with Crippen molar-refractivity contribution >= 4 is 27.5 Å². The molecule has 2 N–H and O–H groups in total. The van der Waals surface area contributed by atoms with Gasteiger partial charge in [0.2, 0.25) is 0 Å². The van der Waals surface area contributed by atoms with Gasteiger partial charge in [0.1, 0.15) is 5.69 Å². The van der Waals surface area contributed by atoms with E-state index in [9.17, 15) is 9.59 Å². The summed E-state index contributed by atoms with van der Waals surface area (Å²) >= 11 is 3.42. The van der Waals surface area contributed by atoms with Crippen molar-refractivity contribution in [2.75, 3.05) is 5.32 Å². The van der Waals surface area contributed by atoms with E-state index in [0.717, 1.165) is 21.8 Å². The number of carbonyl (C=O) groups excluding carboxylic acids is 1. The first-order valence-corrected chi connectivity index (χ1v) is 6.39. The number of rotatable bonds is 2. The molecule has 2 aromatic rings. The van der Waals surface area contributed by atoms with E-state index >= 15 is 0 Å². The fourth-order valence-electron chi connectivity index (χ4n) is 1.72. The highest BCUT2D eigenvalue weighted by atomic mass is 79.9. The number of H-pyrrole nitrogens is 1. The van der Waals surface area contributed by atoms with Gasteiger partial charge in [-0.2, -0.15) is 0 Å². The largest absolute Gasteiger partial charge is 0.325 e. The topological polar surface area (TPSA) is 74.8 Å². The first kappa shape index (κ1) is 13.5. The van der Waals surface area contributed by atoms with Crippen molar-refractivity contribution in [2.24, 2.45) is 0 Å². The lowest BCUT2D eigenvalue weighted by atomic mass is 10.1. The molecule has 0 unspecified atom stereocenters. The van der Waals surface area contributed by atoms with Crippen molar-refractivity contribution in [2.45, 2.75) is 13.8 Å². The molecule has 2 rings (SSSR count). The van der Waals surface area contributed by atoms with Gasteiger partial charge in [0.25, 0.3) is 11.5 Å². The normalized spacial score (nSPS) is 10.3. The van der Waals surface area contributed by atoms with Gasteiger partial charge in [-0.25, -0.2) is 4.98 Å². The lowest BCUT2D eigenvalue weighted by Crippen LogP contribution is -2.17. The number of nitrogens with zero attached hydrogens (tertiary/aromatic N) is 1. The number of nitrogens with one attached hydrogen (secondary N) is 2. The lowest BCUT2D eigenvalue weighted by molar-refractivity contribution is 0.102. The summed E-state index contributed by atoms with van der Waals surface area (Å²) in [6, 6.07) is 3.89. The SMILES string of the molecule is Cc1cc(C)c(NC(=O)c2c[nH]c(=O)cn2)c(Br)c1. The Balaban J connectivity index is 2.29. The predicted molar refractivity (Wildman–Crippen MR) is 76.4 cm³/mol. The first-order valence-electron chi connectivity index (χ1n) is 5.60. The Bertz CT molecular complexity index is 651. The van der Waals surface area contributed by atoms with Gasteiger partial charge in [0, 0.05) is 10.7 Å². The number of aromatic amines is 1. The fourth-order valence-corrected chi connectivity index (χ4v) is 2.49. The molecule has 0 radical (unpaired) electrons. The Morgan fingerprint density at radius 1 is 1.37 bits per heavy atom. The van der Waals surface area contributed by atoms with Crippen LogP contribution in [0, 0.1) is 13.8 Å². The van der Waals surface area contributed by atoms with E-state index in [1.807, 2.05) is 26.0 Å². The Kier molecular flexibility index (Phi) is 3.80. The van der Waals surface area contributed by atoms with Gasteiger partial charge < -0.3 is 10.3 Å². The third-order valence-electron chi connectivity index (χ3n) is 2.57. The van der Waals surface area contributed by atoms with Crippen LogP contribution in [0.4, 0.5) is 5.69 Å². The third-order valence-corrected chi connectivity index (χ3v) is 3.20. The molecule has 5 nitrogen and oxygen atoms in total. The molecule has 1 heterocycles. The summed E-state index contributed by atoms with van der Waals surface area (Å²) in [4.78, 5) is 29.1. The van der Waals surface area contributed by atoms with Gasteiger partial charge >= 0.3 is 0 Å². The molecule has 0 aliphatic carbocycles. The zero-order valence-electron chi connectivity index (χ0n) is 10.5. The average molecular weight is 322 g/mol. The van der Waals surface area contributed by atoms with Crippen LogP contribution in [0.3, 0.4) is 0 Å². The maximum absolute atomic E-state index is 12.0. The van der Waals surface area contributed by atoms with E-state index in [1.54, 1.807) is 0 Å². The van der Waals surface area contributed by atoms with Crippen LogP contribution in [0.5, 0.6) is 0 Å². The summed E-state index contributed by atoms with van der Waals surface area (Å²) in [5.74, 6) is -0.371. The van der Waals surface area contributed by atoms with Crippen LogP contribution in [0.1, 0.15) is 21.6 Å². The Morgan fingerprint density at radius 2 is 2.11 bits per heavy atom. The molecule has 0 spiro atoms. The summed E-state index contributed by atoms with van der Waals surface area (Å²) in [6.07, 6.45) is 2.36. The van der Waals surface area contributed by atoms with Crippen LogP contribution < -0.4 is 10.9 Å². The average Bonchev–Trinajstić information content (AvgIpc) is 2.34. The fraction of sp³-hybridized carbons (Fsp3) is 0.154. The van der Waals surface area contributed by atoms with Crippen LogP contribution >= 0.6 is 15.9 Å². The highest BCUT2D eigenvalue weighted by Crippen LogP contribution is 2.27. The number of halogens is 1. The number of aromatic nitrogens is 2. The molecule has 6 heteroatoms. The minimum atomic E-state index is -0.371. The Hall–Kier alpha value is -1.95. The number of carbonyl (C=O) groups is 1. The standard InChI is InChI=1S/C13H12BrN3O2/c1-7-3-8(2)12(9(14)4-7)17-13(19)10-5-16-11(18)6-15-10/h3-6H,1-2H3,(H,16,18)(H,17,19). The second-order valence-electron chi connectivity index (χ2n) is 4.19. The van der Waals surface area contributed by atoms with Crippen molar-refractivity contribution in [3.05, 3.63) is 56.2 Å². The number of benzene rings is 1. The first-order chi connectivity index (χ1) is 8.97. The van der Waals surface area contributed by atoms with Crippen LogP contribution in [0.15, 0.2) is 33.8 Å². The molecule has 0 aliphatic heterocycles. The molecule has 1 aromatic carbocycles. The molecule has 0 saturated heterocycles. The van der Waals surface area contributed by atoms with E-state index < -0.39 is 0 Å². The van der Waals surface area contributed by atoms with Crippen LogP contribution in [0.25, 0.3) is 0 Å². The molecule has 0 aliphatic rings. The molecule has 19 heavy (non-hydrogen) atoms. The molecule has 0 fully saturated rings. The van der Waals surface area contributed by atoms with E-state index in [-0.39, 0.29) is 17.2 Å². The van der Waals surface area contributed by atoms with Gasteiger partial charge in [0.15, 0.2) is 0 Å². The summed E-state index contributed by atoms with van der Waals surface area (Å²) in [5.41, 5.74) is 2.56. The van der Waals surface area contributed by atoms with E-state index in [0.29, 0.717) is 5.69 Å². The highest BCUT2D eigenvalue weighted by molar-refractivity contribution is 9.10. The van der Waals surface area contributed by atoms with Gasteiger partial charge in [-0.1, -0.05) is 6.07 Å². The van der Waals surface area contributed by atoms with Gasteiger partial charge in [-0.15, -0.1) is 0 Å². The van der Waals surface area contributed by atoms with Gasteiger partial charge in [0.05, 0.1) is 11.9 Å². The molecular weight excluding hydrogens is 310 g/mol. The van der Waals surface area contributed by atoms with E-state index in [4.69, 9.17) is 0 Å². The zero-order valence-corrected chi connectivity index (χ0v) is 12.0. The highest BCUT2D eigenvalue weighted by Gasteiger charge is 2.12. The van der Waals surface area contributed by atoms with Crippen LogP contribution in [-0.2, 0) is 0 Å². The zero-order chi connectivity index (χ0) is 14.0. The lowest BCUT2D eigenvalue weighted by Gasteiger charge is -2.11. The van der Waals surface area contributed by atoms with Crippen LogP contribution in [-0.4, -0.2) is 15.9 Å². The van der Waals surface area contributed by atoms with Gasteiger partial charge in [-0.3, -0.25) is 9.59 Å². The number of aryl methyl sites for hydroxylation is 2. The number of anilines is 1. The minimum absolute atomic E-state index is 0.159. The number of amides is 1. The second-order valence-corrected chi connectivity index (χ2v) is 5.04. The monoisotopic (exact) mass is 321 g/mol. The molecule has 0 saturated carbocycles. The molecule has 0 atom stereocenters. The number of hydrogen-bond acceptors (Lipinski definition) is 3. The van der Waals surface area contributed by atoms with Crippen molar-refractivity contribution in [1.29, 1.82) is 0 Å². The number of hydrogen-bond donors (Lipinski definition) is 2. The quantitative estimate of drug-likeness (QED) is 0.891. The third kappa shape index (κ3) is 3.08. The van der Waals surface area contributed by atoms with Crippen LogP contribution in [0.2, 0.25) is 0 Å². The smallest absolute Gasteiger partial charge is 0.275 e. The predicted octanol–water partition coefficient (Wildman–Crippen LogP) is 2.40. The second kappa shape index (κ2) is 5.36. The summed E-state index contributed by atoms with van der Waals surface area (Å²) in [5, 5.41) is 2.77. The molecule has 98 valence electrons. The molecular formula is C13H12BrN3O2. The van der Waals surface area contributed by atoms with Gasteiger partial charge in [-0.05, 0) is 47.0 Å². The summed E-state index contributed by atoms with van der Waals surface area (Å²) in [6.45, 7) is 3.89. The van der Waals surface area contributed by atoms with E-state index in [1.165, 1.54) is 6.20 Å². The van der Waals surface area contributed by atoms with Crippen molar-refractivity contribution < 1.29 is 4.79 Å². The molecule has 1 amide bonds. The van der Waals surface area contributed by atoms with Crippen molar-refractivity contribution in [1.82, 2.24) is 9.97 Å². The molecule has 1 aromatic heterocycles. The van der Waals surface area contributed by atoms with Crippen molar-refractivity contribution in [3.63, 3.8) is 0 Å². The maximum Gasteiger partial charge on any atom is 0.275 e. The van der Waals surface area contributed by atoms with E-state index in [2.05, 4.69) is 31.2 Å². The molecule has 0 bridgehead atoms. The Morgan fingerprint density at radius 3 is 2.68 bits per heavy atom. The Labute approximate surface area is 118 Å². The minimum Gasteiger partial charge on any atom is -0.325 e. The summed E-state index contributed by atoms with van der Waals surface area (Å²) < 4.78 is 0.808. The summed E-state index contributed by atoms with van der Waals surface area (Å²) in [7, 11) is 0.